The summed E-state index contributed by atoms with van der Waals surface area (Å²) in [5.74, 6) is -0.0926. The molecule has 0 fully saturated rings. The van der Waals surface area contributed by atoms with Crippen LogP contribution in [0.25, 0.3) is 0 Å². The third kappa shape index (κ3) is 2.94. The Hall–Kier alpha value is -2.42. The van der Waals surface area contributed by atoms with Crippen LogP contribution in [0.3, 0.4) is 0 Å². The monoisotopic (exact) mass is 283 g/mol. The van der Waals surface area contributed by atoms with Crippen molar-refractivity contribution in [1.82, 2.24) is 4.98 Å². The predicted octanol–water partition coefficient (Wildman–Crippen LogP) is 0.291. The van der Waals surface area contributed by atoms with Gasteiger partial charge in [0, 0.05) is 13.1 Å². The van der Waals surface area contributed by atoms with Gasteiger partial charge in [-0.25, -0.2) is 4.98 Å². The van der Waals surface area contributed by atoms with Crippen molar-refractivity contribution in [2.75, 3.05) is 18.6 Å². The smallest absolute Gasteiger partial charge is 0.298 e. The van der Waals surface area contributed by atoms with Crippen LogP contribution in [-0.4, -0.2) is 45.3 Å². The number of anilines is 1. The number of rotatable bonds is 5. The summed E-state index contributed by atoms with van der Waals surface area (Å²) in [4.78, 5) is 15.9. The first-order valence-electron chi connectivity index (χ1n) is 5.72. The minimum Gasteiger partial charge on any atom is -0.409 e. The third-order valence-corrected chi connectivity index (χ3v) is 3.04. The molecule has 0 aromatic carbocycles. The zero-order valence-electron chi connectivity index (χ0n) is 11.4. The van der Waals surface area contributed by atoms with E-state index in [1.165, 1.54) is 12.1 Å². The molecule has 20 heavy (non-hydrogen) atoms. The van der Waals surface area contributed by atoms with Gasteiger partial charge in [-0.1, -0.05) is 5.16 Å². The fourth-order valence-electron chi connectivity index (χ4n) is 1.43. The van der Waals surface area contributed by atoms with E-state index in [0.29, 0.717) is 5.82 Å². The summed E-state index contributed by atoms with van der Waals surface area (Å²) >= 11 is 0. The molecule has 0 radical (unpaired) electrons. The Labute approximate surface area is 115 Å². The lowest BCUT2D eigenvalue weighted by Crippen LogP contribution is -2.45. The van der Waals surface area contributed by atoms with Crippen LogP contribution in [0.4, 0.5) is 11.5 Å². The van der Waals surface area contributed by atoms with Crippen LogP contribution in [0.1, 0.15) is 19.5 Å². The summed E-state index contributed by atoms with van der Waals surface area (Å²) in [5, 5.41) is 31.6. The molecule has 1 aromatic heterocycles. The normalized spacial score (nSPS) is 12.3. The Morgan fingerprint density at radius 2 is 2.20 bits per heavy atom. The van der Waals surface area contributed by atoms with Gasteiger partial charge in [-0.3, -0.25) is 10.1 Å². The van der Waals surface area contributed by atoms with Crippen LogP contribution in [-0.2, 0) is 0 Å². The first-order chi connectivity index (χ1) is 9.24. The number of nitrogens with zero attached hydrogens (tertiary/aromatic N) is 4. The highest BCUT2D eigenvalue weighted by Crippen LogP contribution is 2.24. The molecule has 0 atom stereocenters. The van der Waals surface area contributed by atoms with Crippen LogP contribution >= 0.6 is 0 Å². The molecule has 0 aliphatic heterocycles. The van der Waals surface area contributed by atoms with Crippen molar-refractivity contribution in [2.24, 2.45) is 10.9 Å². The average molecular weight is 283 g/mol. The van der Waals surface area contributed by atoms with Gasteiger partial charge in [0.05, 0.1) is 17.1 Å². The van der Waals surface area contributed by atoms with Crippen molar-refractivity contribution in [1.29, 1.82) is 0 Å². The summed E-state index contributed by atoms with van der Waals surface area (Å²) in [6, 6.07) is 2.66. The summed E-state index contributed by atoms with van der Waals surface area (Å²) in [5.41, 5.74) is 4.20. The first kappa shape index (κ1) is 15.6. The van der Waals surface area contributed by atoms with E-state index in [1.807, 2.05) is 0 Å². The molecule has 1 heterocycles. The molecule has 0 unspecified atom stereocenters. The first-order valence-corrected chi connectivity index (χ1v) is 5.72. The summed E-state index contributed by atoms with van der Waals surface area (Å²) in [6.07, 6.45) is 0. The van der Waals surface area contributed by atoms with E-state index in [4.69, 9.17) is 10.9 Å². The number of likely N-dealkylation sites (N-methyl/N-ethyl adjacent to an activating group) is 1. The molecule has 9 heteroatoms. The van der Waals surface area contributed by atoms with Crippen molar-refractivity contribution < 1.29 is 15.2 Å². The number of oxime groups is 1. The summed E-state index contributed by atoms with van der Waals surface area (Å²) in [7, 11) is 1.68. The Morgan fingerprint density at radius 1 is 1.60 bits per heavy atom. The summed E-state index contributed by atoms with van der Waals surface area (Å²) < 4.78 is 0. The molecule has 0 bridgehead atoms. The summed E-state index contributed by atoms with van der Waals surface area (Å²) in [6.45, 7) is 3.42. The van der Waals surface area contributed by atoms with E-state index < -0.39 is 16.3 Å². The van der Waals surface area contributed by atoms with Gasteiger partial charge in [-0.05, 0) is 19.9 Å². The Balaban J connectivity index is 3.37. The van der Waals surface area contributed by atoms with Crippen LogP contribution in [0, 0.1) is 10.1 Å². The lowest BCUT2D eigenvalue weighted by Gasteiger charge is -2.34. The topological polar surface area (TPSA) is 138 Å². The van der Waals surface area contributed by atoms with Crippen molar-refractivity contribution >= 4 is 17.3 Å². The molecule has 0 aliphatic carbocycles. The fourth-order valence-corrected chi connectivity index (χ4v) is 1.43. The molecule has 0 saturated heterocycles. The molecule has 1 rings (SSSR count). The van der Waals surface area contributed by atoms with E-state index in [2.05, 4.69) is 10.1 Å². The number of amidine groups is 1. The number of hydrogen-bond donors (Lipinski definition) is 3. The van der Waals surface area contributed by atoms with Crippen molar-refractivity contribution in [3.63, 3.8) is 0 Å². The standard InChI is InChI=1S/C11H17N5O4/c1-11(2,6-17)15(3)8-5-4-7(16(19)20)9(13-8)10(12)14-18/h4-5,17-18H,6H2,1-3H3,(H2,12,14). The van der Waals surface area contributed by atoms with E-state index in [1.54, 1.807) is 25.8 Å². The van der Waals surface area contributed by atoms with Gasteiger partial charge >= 0.3 is 0 Å². The number of pyridine rings is 1. The highest BCUT2D eigenvalue weighted by Gasteiger charge is 2.26. The predicted molar refractivity (Wildman–Crippen MR) is 73.0 cm³/mol. The highest BCUT2D eigenvalue weighted by atomic mass is 16.6. The van der Waals surface area contributed by atoms with Crippen LogP contribution in [0.2, 0.25) is 0 Å². The van der Waals surface area contributed by atoms with Crippen LogP contribution in [0.15, 0.2) is 17.3 Å². The molecule has 0 aliphatic rings. The number of hydrogen-bond acceptors (Lipinski definition) is 7. The van der Waals surface area contributed by atoms with Crippen LogP contribution in [0.5, 0.6) is 0 Å². The van der Waals surface area contributed by atoms with Gasteiger partial charge in [0.1, 0.15) is 5.82 Å². The third-order valence-electron chi connectivity index (χ3n) is 3.04. The second-order valence-corrected chi connectivity index (χ2v) is 4.81. The van der Waals surface area contributed by atoms with Gasteiger partial charge in [-0.2, -0.15) is 0 Å². The molecule has 110 valence electrons. The van der Waals surface area contributed by atoms with Crippen molar-refractivity contribution in [3.8, 4) is 0 Å². The lowest BCUT2D eigenvalue weighted by molar-refractivity contribution is -0.385. The van der Waals surface area contributed by atoms with Crippen LogP contribution < -0.4 is 10.6 Å². The largest absolute Gasteiger partial charge is 0.409 e. The number of aliphatic hydroxyl groups excluding tert-OH is 1. The zero-order valence-corrected chi connectivity index (χ0v) is 11.4. The van der Waals surface area contributed by atoms with Gasteiger partial charge in [0.2, 0.25) is 0 Å². The lowest BCUT2D eigenvalue weighted by atomic mass is 10.1. The molecule has 0 amide bonds. The van der Waals surface area contributed by atoms with Gasteiger partial charge in [0.25, 0.3) is 5.69 Å². The average Bonchev–Trinajstić information content (AvgIpc) is 2.44. The van der Waals surface area contributed by atoms with E-state index in [0.717, 1.165) is 0 Å². The minimum absolute atomic E-state index is 0.138. The van der Waals surface area contributed by atoms with Gasteiger partial charge in [0.15, 0.2) is 11.5 Å². The van der Waals surface area contributed by atoms with E-state index in [-0.39, 0.29) is 18.0 Å². The Bertz CT molecular complexity index is 544. The maximum atomic E-state index is 10.9. The fraction of sp³-hybridized carbons (Fsp3) is 0.455. The van der Waals surface area contributed by atoms with Crippen molar-refractivity contribution in [2.45, 2.75) is 19.4 Å². The maximum Gasteiger partial charge on any atom is 0.298 e. The van der Waals surface area contributed by atoms with E-state index in [9.17, 15) is 15.2 Å². The molecule has 0 saturated carbocycles. The van der Waals surface area contributed by atoms with Crippen molar-refractivity contribution in [3.05, 3.63) is 27.9 Å². The van der Waals surface area contributed by atoms with E-state index >= 15 is 0 Å². The number of nitrogens with two attached hydrogens (primary N) is 1. The maximum absolute atomic E-state index is 10.9. The second-order valence-electron chi connectivity index (χ2n) is 4.81. The number of aromatic nitrogens is 1. The molecular formula is C11H17N5O4. The number of nitro groups is 1. The Morgan fingerprint density at radius 3 is 2.65 bits per heavy atom. The molecular weight excluding hydrogens is 266 g/mol. The zero-order chi connectivity index (χ0) is 15.5. The Kier molecular flexibility index (Phi) is 4.45. The van der Waals surface area contributed by atoms with Gasteiger partial charge < -0.3 is 20.9 Å². The molecule has 0 spiro atoms. The molecule has 9 nitrogen and oxygen atoms in total. The SMILES string of the molecule is CN(c1ccc([N+](=O)[O-])c(/C(N)=N/O)n1)C(C)(C)CO. The highest BCUT2D eigenvalue weighted by molar-refractivity contribution is 5.99. The molecule has 4 N–H and O–H groups in total. The minimum atomic E-state index is -0.665. The van der Waals surface area contributed by atoms with Gasteiger partial charge in [-0.15, -0.1) is 0 Å². The molecule has 1 aromatic rings. The quantitative estimate of drug-likeness (QED) is 0.232. The second kappa shape index (κ2) is 5.70. The number of aliphatic hydroxyl groups is 1.